The van der Waals surface area contributed by atoms with E-state index < -0.39 is 0 Å². The molecule has 2 atom stereocenters. The molecule has 1 aromatic carbocycles. The maximum absolute atomic E-state index is 6.48. The minimum atomic E-state index is 0.00153. The highest BCUT2D eigenvalue weighted by Crippen LogP contribution is 2.40. The number of aromatic nitrogens is 2. The second-order valence-electron chi connectivity index (χ2n) is 6.66. The van der Waals surface area contributed by atoms with Crippen LogP contribution in [-0.4, -0.2) is 15.6 Å². The fourth-order valence-electron chi connectivity index (χ4n) is 3.61. The standard InChI is InChI=1S/C17H25N3/c1-12(2)20-14-9-5-4-8-13(14)19-16(20)17(3)11-7-6-10-15(17)18/h4-5,8-9,12,15H,6-7,10-11,18H2,1-3H3. The van der Waals surface area contributed by atoms with Gasteiger partial charge in [0.25, 0.3) is 0 Å². The van der Waals surface area contributed by atoms with Gasteiger partial charge >= 0.3 is 0 Å². The van der Waals surface area contributed by atoms with E-state index in [4.69, 9.17) is 10.7 Å². The predicted molar refractivity (Wildman–Crippen MR) is 83.9 cm³/mol. The number of nitrogens with zero attached hydrogens (tertiary/aromatic N) is 2. The van der Waals surface area contributed by atoms with Gasteiger partial charge < -0.3 is 10.3 Å². The molecule has 0 saturated heterocycles. The molecule has 0 aliphatic heterocycles. The van der Waals surface area contributed by atoms with Gasteiger partial charge in [-0.25, -0.2) is 4.98 Å². The lowest BCUT2D eigenvalue weighted by Gasteiger charge is -2.39. The Morgan fingerprint density at radius 1 is 1.30 bits per heavy atom. The van der Waals surface area contributed by atoms with Crippen LogP contribution >= 0.6 is 0 Å². The Bertz CT molecular complexity index is 614. The van der Waals surface area contributed by atoms with Crippen molar-refractivity contribution in [3.8, 4) is 0 Å². The summed E-state index contributed by atoms with van der Waals surface area (Å²) in [7, 11) is 0. The fourth-order valence-corrected chi connectivity index (χ4v) is 3.61. The highest BCUT2D eigenvalue weighted by Gasteiger charge is 2.40. The molecule has 1 heterocycles. The molecular weight excluding hydrogens is 246 g/mol. The Morgan fingerprint density at radius 3 is 2.75 bits per heavy atom. The summed E-state index contributed by atoms with van der Waals surface area (Å²) in [5.74, 6) is 1.18. The molecule has 3 heteroatoms. The number of imidazole rings is 1. The van der Waals surface area contributed by atoms with Gasteiger partial charge in [0.05, 0.1) is 11.0 Å². The molecule has 0 radical (unpaired) electrons. The predicted octanol–water partition coefficient (Wildman–Crippen LogP) is 3.78. The van der Waals surface area contributed by atoms with Crippen molar-refractivity contribution in [2.24, 2.45) is 5.73 Å². The van der Waals surface area contributed by atoms with Crippen LogP contribution in [0.5, 0.6) is 0 Å². The summed E-state index contributed by atoms with van der Waals surface area (Å²) in [6.45, 7) is 6.77. The summed E-state index contributed by atoms with van der Waals surface area (Å²) < 4.78 is 2.39. The van der Waals surface area contributed by atoms with Crippen molar-refractivity contribution in [2.75, 3.05) is 0 Å². The van der Waals surface area contributed by atoms with Crippen LogP contribution in [0.4, 0.5) is 0 Å². The van der Waals surface area contributed by atoms with Crippen LogP contribution in [-0.2, 0) is 5.41 Å². The van der Waals surface area contributed by atoms with E-state index in [0.29, 0.717) is 6.04 Å². The van der Waals surface area contributed by atoms with E-state index in [9.17, 15) is 0 Å². The molecule has 1 fully saturated rings. The first-order valence-corrected chi connectivity index (χ1v) is 7.77. The van der Waals surface area contributed by atoms with Crippen LogP contribution in [0.25, 0.3) is 11.0 Å². The van der Waals surface area contributed by atoms with E-state index >= 15 is 0 Å². The topological polar surface area (TPSA) is 43.8 Å². The maximum Gasteiger partial charge on any atom is 0.117 e. The van der Waals surface area contributed by atoms with E-state index in [0.717, 1.165) is 18.4 Å². The SMILES string of the molecule is CC(C)n1c(C2(C)CCCCC2N)nc2ccccc21. The molecular formula is C17H25N3. The van der Waals surface area contributed by atoms with Crippen LogP contribution in [0.15, 0.2) is 24.3 Å². The van der Waals surface area contributed by atoms with Crippen LogP contribution in [0.1, 0.15) is 58.3 Å². The molecule has 2 aromatic rings. The minimum absolute atomic E-state index is 0.00153. The summed E-state index contributed by atoms with van der Waals surface area (Å²) in [5.41, 5.74) is 8.81. The monoisotopic (exact) mass is 271 g/mol. The van der Waals surface area contributed by atoms with E-state index in [1.807, 2.05) is 0 Å². The first kappa shape index (κ1) is 13.6. The zero-order chi connectivity index (χ0) is 14.3. The number of hydrogen-bond donors (Lipinski definition) is 1. The average Bonchev–Trinajstić information content (AvgIpc) is 2.82. The molecule has 3 rings (SSSR count). The van der Waals surface area contributed by atoms with Gasteiger partial charge in [-0.1, -0.05) is 31.9 Å². The minimum Gasteiger partial charge on any atom is -0.327 e. The van der Waals surface area contributed by atoms with Gasteiger partial charge in [0.2, 0.25) is 0 Å². The van der Waals surface area contributed by atoms with Crippen LogP contribution in [0, 0.1) is 0 Å². The first-order chi connectivity index (χ1) is 9.54. The van der Waals surface area contributed by atoms with Gasteiger partial charge in [-0.15, -0.1) is 0 Å². The summed E-state index contributed by atoms with van der Waals surface area (Å²) in [5, 5.41) is 0. The quantitative estimate of drug-likeness (QED) is 0.903. The number of nitrogens with two attached hydrogens (primary N) is 1. The van der Waals surface area contributed by atoms with E-state index in [1.165, 1.54) is 24.2 Å². The van der Waals surface area contributed by atoms with Gasteiger partial charge in [-0.05, 0) is 38.8 Å². The molecule has 3 nitrogen and oxygen atoms in total. The normalized spacial score (nSPS) is 27.4. The molecule has 1 saturated carbocycles. The first-order valence-electron chi connectivity index (χ1n) is 7.77. The van der Waals surface area contributed by atoms with Crippen molar-refractivity contribution in [1.29, 1.82) is 0 Å². The van der Waals surface area contributed by atoms with Gasteiger partial charge in [0, 0.05) is 17.5 Å². The van der Waals surface area contributed by atoms with Gasteiger partial charge in [0.1, 0.15) is 5.82 Å². The second kappa shape index (κ2) is 4.88. The summed E-state index contributed by atoms with van der Waals surface area (Å²) in [6, 6.07) is 9.05. The molecule has 1 aromatic heterocycles. The van der Waals surface area contributed by atoms with Crippen LogP contribution in [0.2, 0.25) is 0 Å². The Morgan fingerprint density at radius 2 is 2.05 bits per heavy atom. The number of benzene rings is 1. The zero-order valence-electron chi connectivity index (χ0n) is 12.8. The number of fused-ring (bicyclic) bond motifs is 1. The molecule has 2 N–H and O–H groups in total. The molecule has 2 unspecified atom stereocenters. The molecule has 1 aliphatic carbocycles. The summed E-state index contributed by atoms with van der Waals surface area (Å²) in [4.78, 5) is 4.96. The third kappa shape index (κ3) is 1.96. The van der Waals surface area contributed by atoms with Crippen molar-refractivity contribution in [3.05, 3.63) is 30.1 Å². The zero-order valence-corrected chi connectivity index (χ0v) is 12.8. The maximum atomic E-state index is 6.48. The van der Waals surface area contributed by atoms with Gasteiger partial charge in [-0.3, -0.25) is 0 Å². The lowest BCUT2D eigenvalue weighted by Crippen LogP contribution is -2.47. The largest absolute Gasteiger partial charge is 0.327 e. The fraction of sp³-hybridized carbons (Fsp3) is 0.588. The van der Waals surface area contributed by atoms with Crippen LogP contribution < -0.4 is 5.73 Å². The summed E-state index contributed by atoms with van der Waals surface area (Å²) in [6.07, 6.45) is 4.76. The number of para-hydroxylation sites is 2. The van der Waals surface area contributed by atoms with Crippen molar-refractivity contribution in [2.45, 2.75) is 64.0 Å². The van der Waals surface area contributed by atoms with Crippen molar-refractivity contribution in [1.82, 2.24) is 9.55 Å². The van der Waals surface area contributed by atoms with Gasteiger partial charge in [0.15, 0.2) is 0 Å². The summed E-state index contributed by atoms with van der Waals surface area (Å²) >= 11 is 0. The smallest absolute Gasteiger partial charge is 0.117 e. The highest BCUT2D eigenvalue weighted by atomic mass is 15.1. The second-order valence-corrected chi connectivity index (χ2v) is 6.66. The molecule has 1 aliphatic rings. The number of rotatable bonds is 2. The van der Waals surface area contributed by atoms with Crippen molar-refractivity contribution in [3.63, 3.8) is 0 Å². The molecule has 108 valence electrons. The third-order valence-corrected chi connectivity index (χ3v) is 4.90. The molecule has 0 amide bonds. The highest BCUT2D eigenvalue weighted by molar-refractivity contribution is 5.76. The number of hydrogen-bond acceptors (Lipinski definition) is 2. The Labute approximate surface area is 121 Å². The van der Waals surface area contributed by atoms with Crippen molar-refractivity contribution >= 4 is 11.0 Å². The Hall–Kier alpha value is -1.35. The lowest BCUT2D eigenvalue weighted by atomic mass is 9.71. The van der Waals surface area contributed by atoms with E-state index in [1.54, 1.807) is 0 Å². The molecule has 0 spiro atoms. The Balaban J connectivity index is 2.22. The Kier molecular flexibility index (Phi) is 3.33. The molecule has 20 heavy (non-hydrogen) atoms. The van der Waals surface area contributed by atoms with E-state index in [-0.39, 0.29) is 11.5 Å². The average molecular weight is 271 g/mol. The van der Waals surface area contributed by atoms with Gasteiger partial charge in [-0.2, -0.15) is 0 Å². The van der Waals surface area contributed by atoms with Crippen LogP contribution in [0.3, 0.4) is 0 Å². The third-order valence-electron chi connectivity index (χ3n) is 4.90. The van der Waals surface area contributed by atoms with E-state index in [2.05, 4.69) is 49.6 Å². The molecule has 0 bridgehead atoms. The van der Waals surface area contributed by atoms with Crippen molar-refractivity contribution < 1.29 is 0 Å². The lowest BCUT2D eigenvalue weighted by molar-refractivity contribution is 0.249.